The Kier molecular flexibility index (Phi) is 3.34. The monoisotopic (exact) mass is 210 g/mol. The van der Waals surface area contributed by atoms with Crippen molar-refractivity contribution >= 4 is 0 Å². The molecule has 0 heterocycles. The van der Waals surface area contributed by atoms with Crippen LogP contribution in [0.15, 0.2) is 11.7 Å². The molecule has 0 rings (SSSR count). The number of allylic oxidation sites excluding steroid dienone is 2. The highest BCUT2D eigenvalue weighted by atomic mass is 19.4. The number of alkyl halides is 5. The van der Waals surface area contributed by atoms with Crippen LogP contribution in [0.5, 0.6) is 0 Å². The second kappa shape index (κ2) is 3.55. The van der Waals surface area contributed by atoms with Gasteiger partial charge in [0, 0.05) is 6.42 Å². The van der Waals surface area contributed by atoms with Crippen molar-refractivity contribution in [3.63, 3.8) is 0 Å². The van der Waals surface area contributed by atoms with Crippen molar-refractivity contribution in [3.8, 4) is 0 Å². The number of hydrogen-bond donors (Lipinski definition) is 0. The summed E-state index contributed by atoms with van der Waals surface area (Å²) in [4.78, 5) is 0. The lowest BCUT2D eigenvalue weighted by atomic mass is 10.2. The van der Waals surface area contributed by atoms with Crippen molar-refractivity contribution < 1.29 is 30.7 Å². The second-order valence-corrected chi connectivity index (χ2v) is 2.18. The molecular formula is C6H5F7. The predicted molar refractivity (Wildman–Crippen MR) is 30.5 cm³/mol. The molecule has 0 aromatic carbocycles. The first-order valence-corrected chi connectivity index (χ1v) is 3.13. The van der Waals surface area contributed by atoms with E-state index in [0.29, 0.717) is 0 Å². The van der Waals surface area contributed by atoms with Gasteiger partial charge in [-0.1, -0.05) is 6.92 Å². The summed E-state index contributed by atoms with van der Waals surface area (Å²) in [6.07, 6.45) is -6.94. The molecule has 0 saturated heterocycles. The van der Waals surface area contributed by atoms with Crippen LogP contribution in [0, 0.1) is 0 Å². The van der Waals surface area contributed by atoms with Crippen molar-refractivity contribution in [1.29, 1.82) is 0 Å². The van der Waals surface area contributed by atoms with Gasteiger partial charge in [-0.15, -0.1) is 0 Å². The van der Waals surface area contributed by atoms with Crippen molar-refractivity contribution in [2.24, 2.45) is 0 Å². The van der Waals surface area contributed by atoms with Gasteiger partial charge in [-0.3, -0.25) is 0 Å². The fourth-order valence-electron chi connectivity index (χ4n) is 0.440. The largest absolute Gasteiger partial charge is 0.445 e. The minimum atomic E-state index is -5.71. The highest BCUT2D eigenvalue weighted by Gasteiger charge is 2.46. The van der Waals surface area contributed by atoms with E-state index in [1.807, 2.05) is 0 Å². The summed E-state index contributed by atoms with van der Waals surface area (Å²) in [6, 6.07) is 0. The van der Waals surface area contributed by atoms with Crippen LogP contribution in [-0.4, -0.2) is 12.1 Å². The van der Waals surface area contributed by atoms with Gasteiger partial charge in [0.2, 0.25) is 11.7 Å². The van der Waals surface area contributed by atoms with Crippen LogP contribution in [0.4, 0.5) is 30.7 Å². The molecule has 0 unspecified atom stereocenters. The SMILES string of the molecule is CCC(F)(F)/C(F)=C(/F)C(F)(F)F. The first-order chi connectivity index (χ1) is 5.63. The van der Waals surface area contributed by atoms with Crippen molar-refractivity contribution in [2.45, 2.75) is 25.4 Å². The molecule has 0 aliphatic carbocycles. The summed E-state index contributed by atoms with van der Waals surface area (Å²) < 4.78 is 82.4. The van der Waals surface area contributed by atoms with E-state index in [4.69, 9.17) is 0 Å². The van der Waals surface area contributed by atoms with Gasteiger partial charge in [0.05, 0.1) is 0 Å². The van der Waals surface area contributed by atoms with Gasteiger partial charge in [-0.05, 0) is 0 Å². The first kappa shape index (κ1) is 12.2. The minimum Gasteiger partial charge on any atom is -0.202 e. The van der Waals surface area contributed by atoms with Gasteiger partial charge in [0.1, 0.15) is 0 Å². The van der Waals surface area contributed by atoms with Gasteiger partial charge in [0.15, 0.2) is 0 Å². The van der Waals surface area contributed by atoms with Gasteiger partial charge < -0.3 is 0 Å². The zero-order valence-corrected chi connectivity index (χ0v) is 6.35. The van der Waals surface area contributed by atoms with E-state index in [1.165, 1.54) is 0 Å². The average Bonchev–Trinajstić information content (AvgIpc) is 2.00. The molecule has 0 bridgehead atoms. The molecule has 0 nitrogen and oxygen atoms in total. The molecule has 0 spiro atoms. The predicted octanol–water partition coefficient (Wildman–Crippen LogP) is 3.74. The van der Waals surface area contributed by atoms with E-state index in [0.717, 1.165) is 6.92 Å². The molecule has 0 amide bonds. The zero-order chi connectivity index (χ0) is 10.9. The van der Waals surface area contributed by atoms with Crippen molar-refractivity contribution in [2.75, 3.05) is 0 Å². The number of rotatable bonds is 2. The van der Waals surface area contributed by atoms with E-state index >= 15 is 0 Å². The third-order valence-corrected chi connectivity index (χ3v) is 1.21. The van der Waals surface area contributed by atoms with Crippen LogP contribution in [0.3, 0.4) is 0 Å². The Morgan fingerprint density at radius 2 is 1.31 bits per heavy atom. The van der Waals surface area contributed by atoms with Crippen molar-refractivity contribution in [1.82, 2.24) is 0 Å². The van der Waals surface area contributed by atoms with E-state index in [1.54, 1.807) is 0 Å². The number of hydrogen-bond acceptors (Lipinski definition) is 0. The molecule has 0 aliphatic heterocycles. The zero-order valence-electron chi connectivity index (χ0n) is 6.35. The Balaban J connectivity index is 5.04. The Labute approximate surface area is 69.0 Å². The minimum absolute atomic E-state index is 0.739. The van der Waals surface area contributed by atoms with Crippen LogP contribution < -0.4 is 0 Å². The lowest BCUT2D eigenvalue weighted by Gasteiger charge is -2.13. The maximum absolute atomic E-state index is 12.2. The molecule has 0 aromatic heterocycles. The van der Waals surface area contributed by atoms with E-state index in [9.17, 15) is 30.7 Å². The van der Waals surface area contributed by atoms with Crippen LogP contribution in [0.25, 0.3) is 0 Å². The second-order valence-electron chi connectivity index (χ2n) is 2.18. The van der Waals surface area contributed by atoms with E-state index < -0.39 is 30.2 Å². The maximum atomic E-state index is 12.2. The Hall–Kier alpha value is -0.750. The third kappa shape index (κ3) is 2.89. The summed E-state index contributed by atoms with van der Waals surface area (Å²) in [5.74, 6) is -10.8. The smallest absolute Gasteiger partial charge is 0.202 e. The molecule has 13 heavy (non-hydrogen) atoms. The Bertz CT molecular complexity index is 212. The molecule has 0 atom stereocenters. The average molecular weight is 210 g/mol. The summed E-state index contributed by atoms with van der Waals surface area (Å²) in [6.45, 7) is 0.739. The summed E-state index contributed by atoms with van der Waals surface area (Å²) in [5.41, 5.74) is 0. The molecule has 0 saturated carbocycles. The van der Waals surface area contributed by atoms with Gasteiger partial charge in [0.25, 0.3) is 0 Å². The lowest BCUT2D eigenvalue weighted by molar-refractivity contribution is -0.117. The van der Waals surface area contributed by atoms with Crippen LogP contribution in [0.1, 0.15) is 13.3 Å². The normalized spacial score (nSPS) is 15.7. The molecule has 7 heteroatoms. The quantitative estimate of drug-likeness (QED) is 0.609. The molecule has 0 aromatic rings. The van der Waals surface area contributed by atoms with Crippen molar-refractivity contribution in [3.05, 3.63) is 11.7 Å². The lowest BCUT2D eigenvalue weighted by Crippen LogP contribution is -2.21. The molecule has 78 valence electrons. The van der Waals surface area contributed by atoms with Crippen LogP contribution in [0.2, 0.25) is 0 Å². The van der Waals surface area contributed by atoms with Gasteiger partial charge in [-0.25, -0.2) is 4.39 Å². The first-order valence-electron chi connectivity index (χ1n) is 3.13. The fraction of sp³-hybridized carbons (Fsp3) is 0.667. The highest BCUT2D eigenvalue weighted by molar-refractivity contribution is 5.13. The van der Waals surface area contributed by atoms with E-state index in [-0.39, 0.29) is 0 Å². The topological polar surface area (TPSA) is 0 Å². The van der Waals surface area contributed by atoms with Crippen LogP contribution in [-0.2, 0) is 0 Å². The maximum Gasteiger partial charge on any atom is 0.445 e. The van der Waals surface area contributed by atoms with E-state index in [2.05, 4.69) is 0 Å². The Morgan fingerprint density at radius 3 is 1.54 bits per heavy atom. The third-order valence-electron chi connectivity index (χ3n) is 1.21. The van der Waals surface area contributed by atoms with Gasteiger partial charge in [-0.2, -0.15) is 26.3 Å². The summed E-state index contributed by atoms with van der Waals surface area (Å²) in [7, 11) is 0. The molecular weight excluding hydrogens is 205 g/mol. The molecule has 0 radical (unpaired) electrons. The molecule has 0 aliphatic rings. The highest BCUT2D eigenvalue weighted by Crippen LogP contribution is 2.38. The fourth-order valence-corrected chi connectivity index (χ4v) is 0.440. The standard InChI is InChI=1S/C6H5F7/c1-2-5(9,10)3(7)4(8)6(11,12)13/h2H2,1H3/b4-3-. The number of halogens is 7. The molecule has 0 N–H and O–H groups in total. The summed E-state index contributed by atoms with van der Waals surface area (Å²) in [5, 5.41) is 0. The van der Waals surface area contributed by atoms with Gasteiger partial charge >= 0.3 is 12.1 Å². The Morgan fingerprint density at radius 1 is 0.923 bits per heavy atom. The van der Waals surface area contributed by atoms with Crippen LogP contribution >= 0.6 is 0 Å². The molecule has 0 fully saturated rings. The summed E-state index contributed by atoms with van der Waals surface area (Å²) >= 11 is 0.